The second-order valence-electron chi connectivity index (χ2n) is 4.20. The van der Waals surface area contributed by atoms with Crippen LogP contribution in [0.25, 0.3) is 0 Å². The number of aromatic carboxylic acids is 1. The van der Waals surface area contributed by atoms with Gasteiger partial charge in [-0.15, -0.1) is 0 Å². The second kappa shape index (κ2) is 5.89. The van der Waals surface area contributed by atoms with E-state index in [0.717, 1.165) is 6.07 Å². The van der Waals surface area contributed by atoms with Gasteiger partial charge >= 0.3 is 5.97 Å². The number of aliphatic hydroxyl groups is 3. The minimum atomic E-state index is -4.28. The molecular weight excluding hydrogens is 294 g/mol. The Morgan fingerprint density at radius 3 is 2.15 bits per heavy atom. The molecule has 5 N–H and O–H groups in total. The predicted molar refractivity (Wildman–Crippen MR) is 64.7 cm³/mol. The van der Waals surface area contributed by atoms with E-state index < -0.39 is 52.0 Å². The van der Waals surface area contributed by atoms with Crippen LogP contribution in [-0.4, -0.2) is 60.2 Å². The van der Waals surface area contributed by atoms with Crippen molar-refractivity contribution in [2.24, 2.45) is 0 Å². The molecule has 0 aliphatic heterocycles. The van der Waals surface area contributed by atoms with Gasteiger partial charge in [-0.2, -0.15) is 4.72 Å². The molecule has 1 heterocycles. The van der Waals surface area contributed by atoms with Crippen molar-refractivity contribution >= 4 is 16.0 Å². The summed E-state index contributed by atoms with van der Waals surface area (Å²) in [7, 11) is -4.28. The summed E-state index contributed by atoms with van der Waals surface area (Å²) >= 11 is 0. The molecule has 0 fully saturated rings. The maximum atomic E-state index is 12.1. The molecule has 20 heavy (non-hydrogen) atoms. The molecule has 1 rings (SSSR count). The number of furan rings is 1. The van der Waals surface area contributed by atoms with Gasteiger partial charge in [-0.25, -0.2) is 13.2 Å². The zero-order chi connectivity index (χ0) is 15.6. The Labute approximate surface area is 114 Å². The maximum absolute atomic E-state index is 12.1. The first kappa shape index (κ1) is 16.6. The molecule has 0 aliphatic carbocycles. The highest BCUT2D eigenvalue weighted by atomic mass is 32.2. The second-order valence-corrected chi connectivity index (χ2v) is 5.85. The lowest BCUT2D eigenvalue weighted by atomic mass is 10.1. The Morgan fingerprint density at radius 2 is 1.80 bits per heavy atom. The molecule has 0 radical (unpaired) electrons. The monoisotopic (exact) mass is 309 g/mol. The number of carboxylic acid groups (broad SMARTS) is 1. The molecule has 0 bridgehead atoms. The Morgan fingerprint density at radius 1 is 1.30 bits per heavy atom. The van der Waals surface area contributed by atoms with Crippen LogP contribution in [0.4, 0.5) is 0 Å². The number of aliphatic hydroxyl groups excluding tert-OH is 3. The summed E-state index contributed by atoms with van der Waals surface area (Å²) in [5.41, 5.74) is -1.86. The van der Waals surface area contributed by atoms with Gasteiger partial charge in [0.05, 0.1) is 19.8 Å². The van der Waals surface area contributed by atoms with Gasteiger partial charge in [0.25, 0.3) is 0 Å². The van der Waals surface area contributed by atoms with Gasteiger partial charge in [-0.1, -0.05) is 0 Å². The highest BCUT2D eigenvalue weighted by Gasteiger charge is 2.35. The van der Waals surface area contributed by atoms with Crippen LogP contribution in [-0.2, 0) is 10.0 Å². The van der Waals surface area contributed by atoms with Gasteiger partial charge in [0.2, 0.25) is 15.8 Å². The van der Waals surface area contributed by atoms with E-state index in [0.29, 0.717) is 0 Å². The van der Waals surface area contributed by atoms with E-state index in [1.54, 1.807) is 0 Å². The van der Waals surface area contributed by atoms with Gasteiger partial charge in [-0.3, -0.25) is 0 Å². The summed E-state index contributed by atoms with van der Waals surface area (Å²) in [5, 5.41) is 36.0. The summed E-state index contributed by atoms with van der Waals surface area (Å²) in [6.07, 6.45) is 0. The molecule has 0 spiro atoms. The van der Waals surface area contributed by atoms with Gasteiger partial charge in [-0.05, 0) is 6.92 Å². The largest absolute Gasteiger partial charge is 0.475 e. The quantitative estimate of drug-likeness (QED) is 0.398. The van der Waals surface area contributed by atoms with E-state index in [9.17, 15) is 13.2 Å². The smallest absolute Gasteiger partial charge is 0.371 e. The summed E-state index contributed by atoms with van der Waals surface area (Å²) < 4.78 is 30.9. The number of rotatable bonds is 7. The van der Waals surface area contributed by atoms with Crippen molar-refractivity contribution in [1.82, 2.24) is 4.72 Å². The Bertz CT molecular complexity index is 578. The number of sulfonamides is 1. The lowest BCUT2D eigenvalue weighted by molar-refractivity contribution is 0.0581. The van der Waals surface area contributed by atoms with E-state index >= 15 is 0 Å². The summed E-state index contributed by atoms with van der Waals surface area (Å²) in [5.74, 6) is -2.17. The minimum absolute atomic E-state index is 0.169. The molecule has 0 saturated carbocycles. The SMILES string of the molecule is Cc1oc(C(=O)O)cc1S(=O)(=O)NC(CO)(CO)CO. The van der Waals surface area contributed by atoms with Crippen LogP contribution in [0, 0.1) is 6.92 Å². The standard InChI is InChI=1S/C10H15NO8S/c1-6-8(2-7(19-6)9(15)16)20(17,18)11-10(3-12,4-13)5-14/h2,11-14H,3-5H2,1H3,(H,15,16). The number of nitrogens with one attached hydrogen (secondary N) is 1. The average Bonchev–Trinajstić information content (AvgIpc) is 2.79. The molecule has 0 amide bonds. The van der Waals surface area contributed by atoms with Crippen LogP contribution in [0.15, 0.2) is 15.4 Å². The third-order valence-corrected chi connectivity index (χ3v) is 4.32. The van der Waals surface area contributed by atoms with Crippen LogP contribution < -0.4 is 4.72 Å². The summed E-state index contributed by atoms with van der Waals surface area (Å²) in [4.78, 5) is 10.3. The molecule has 0 saturated heterocycles. The van der Waals surface area contributed by atoms with Crippen molar-refractivity contribution in [3.63, 3.8) is 0 Å². The van der Waals surface area contributed by atoms with E-state index in [4.69, 9.17) is 24.8 Å². The van der Waals surface area contributed by atoms with Crippen molar-refractivity contribution < 1.29 is 38.1 Å². The molecule has 114 valence electrons. The highest BCUT2D eigenvalue weighted by molar-refractivity contribution is 7.89. The first-order chi connectivity index (χ1) is 9.21. The highest BCUT2D eigenvalue weighted by Crippen LogP contribution is 2.21. The molecular formula is C10H15NO8S. The first-order valence-corrected chi connectivity index (χ1v) is 6.90. The topological polar surface area (TPSA) is 157 Å². The number of carbonyl (C=O) groups is 1. The summed E-state index contributed by atoms with van der Waals surface area (Å²) in [6.45, 7) is -1.29. The molecule has 0 aliphatic rings. The number of carboxylic acids is 1. The number of hydrogen-bond acceptors (Lipinski definition) is 7. The normalized spacial score (nSPS) is 12.6. The van der Waals surface area contributed by atoms with Crippen LogP contribution in [0.3, 0.4) is 0 Å². The lowest BCUT2D eigenvalue weighted by Gasteiger charge is -2.27. The molecule has 1 aromatic heterocycles. The fourth-order valence-electron chi connectivity index (χ4n) is 1.42. The molecule has 0 atom stereocenters. The van der Waals surface area contributed by atoms with Crippen molar-refractivity contribution in [2.75, 3.05) is 19.8 Å². The lowest BCUT2D eigenvalue weighted by Crippen LogP contribution is -2.56. The Hall–Kier alpha value is -1.46. The van der Waals surface area contributed by atoms with Crippen LogP contribution in [0.2, 0.25) is 0 Å². The van der Waals surface area contributed by atoms with Gasteiger partial charge in [0, 0.05) is 6.07 Å². The zero-order valence-corrected chi connectivity index (χ0v) is 11.3. The Balaban J connectivity index is 3.20. The van der Waals surface area contributed by atoms with Crippen LogP contribution in [0.1, 0.15) is 16.3 Å². The molecule has 9 nitrogen and oxygen atoms in total. The molecule has 0 aromatic carbocycles. The van der Waals surface area contributed by atoms with E-state index in [1.807, 2.05) is 4.72 Å². The van der Waals surface area contributed by atoms with Gasteiger partial charge in [0.15, 0.2) is 0 Å². The average molecular weight is 309 g/mol. The number of hydrogen-bond donors (Lipinski definition) is 5. The van der Waals surface area contributed by atoms with E-state index in [2.05, 4.69) is 0 Å². The fourth-order valence-corrected chi connectivity index (χ4v) is 2.98. The van der Waals surface area contributed by atoms with E-state index in [-0.39, 0.29) is 5.76 Å². The van der Waals surface area contributed by atoms with Gasteiger partial charge < -0.3 is 24.8 Å². The van der Waals surface area contributed by atoms with E-state index in [1.165, 1.54) is 6.92 Å². The molecule has 10 heteroatoms. The zero-order valence-electron chi connectivity index (χ0n) is 10.5. The van der Waals surface area contributed by atoms with Crippen molar-refractivity contribution in [1.29, 1.82) is 0 Å². The third-order valence-electron chi connectivity index (χ3n) is 2.63. The maximum Gasteiger partial charge on any atom is 0.371 e. The summed E-state index contributed by atoms with van der Waals surface area (Å²) in [6, 6.07) is 0.802. The third kappa shape index (κ3) is 3.16. The molecule has 1 aromatic rings. The van der Waals surface area contributed by atoms with Gasteiger partial charge in [0.1, 0.15) is 16.2 Å². The van der Waals surface area contributed by atoms with Crippen molar-refractivity contribution in [3.05, 3.63) is 17.6 Å². The fraction of sp³-hybridized carbons (Fsp3) is 0.500. The first-order valence-electron chi connectivity index (χ1n) is 5.41. The van der Waals surface area contributed by atoms with Crippen molar-refractivity contribution in [3.8, 4) is 0 Å². The van der Waals surface area contributed by atoms with Crippen LogP contribution in [0.5, 0.6) is 0 Å². The predicted octanol–water partition coefficient (Wildman–Crippen LogP) is -1.72. The Kier molecular flexibility index (Phi) is 4.89. The minimum Gasteiger partial charge on any atom is -0.475 e. The van der Waals surface area contributed by atoms with Crippen molar-refractivity contribution in [2.45, 2.75) is 17.4 Å². The van der Waals surface area contributed by atoms with Crippen LogP contribution >= 0.6 is 0 Å². The number of aryl methyl sites for hydroxylation is 1. The molecule has 0 unspecified atom stereocenters.